The van der Waals surface area contributed by atoms with Gasteiger partial charge in [-0.1, -0.05) is 84.9 Å². The van der Waals surface area contributed by atoms with Crippen LogP contribution in [-0.2, 0) is 0 Å². The highest BCUT2D eigenvalue weighted by atomic mass is 15.1. The largest absolute Gasteiger partial charge is 0.394 e. The van der Waals surface area contributed by atoms with Gasteiger partial charge < -0.3 is 9.25 Å². The van der Waals surface area contributed by atoms with E-state index in [-0.39, 0.29) is 5.95 Å². The van der Waals surface area contributed by atoms with E-state index >= 15 is 0 Å². The van der Waals surface area contributed by atoms with E-state index in [1.807, 2.05) is 24.3 Å². The van der Waals surface area contributed by atoms with Crippen LogP contribution in [0.2, 0.25) is 0 Å². The molecule has 0 bridgehead atoms. The molecular formula is C37H19N5. The zero-order valence-corrected chi connectivity index (χ0v) is 22.2. The zero-order valence-electron chi connectivity index (χ0n) is 22.2. The Morgan fingerprint density at radius 1 is 0.524 bits per heavy atom. The second kappa shape index (κ2) is 7.60. The summed E-state index contributed by atoms with van der Waals surface area (Å²) in [6.07, 6.45) is 0. The molecule has 0 saturated heterocycles. The van der Waals surface area contributed by atoms with Gasteiger partial charge in [0.2, 0.25) is 5.82 Å². The van der Waals surface area contributed by atoms with Gasteiger partial charge in [0.25, 0.3) is 0 Å². The van der Waals surface area contributed by atoms with E-state index in [4.69, 9.17) is 11.6 Å². The van der Waals surface area contributed by atoms with Crippen LogP contribution in [0.15, 0.2) is 115 Å². The van der Waals surface area contributed by atoms with Gasteiger partial charge in [-0.2, -0.15) is 0 Å². The molecule has 10 rings (SSSR count). The molecule has 4 aromatic heterocycles. The van der Waals surface area contributed by atoms with Gasteiger partial charge in [-0.05, 0) is 35.7 Å². The summed E-state index contributed by atoms with van der Waals surface area (Å²) in [5, 5.41) is 10.7. The highest BCUT2D eigenvalue weighted by molar-refractivity contribution is 6.37. The molecule has 0 fully saturated rings. The summed E-state index contributed by atoms with van der Waals surface area (Å²) < 4.78 is 4.71. The number of benzene rings is 6. The molecule has 4 heterocycles. The van der Waals surface area contributed by atoms with Crippen LogP contribution in [0.1, 0.15) is 0 Å². The van der Waals surface area contributed by atoms with E-state index in [9.17, 15) is 0 Å². The van der Waals surface area contributed by atoms with Gasteiger partial charge >= 0.3 is 5.95 Å². The zero-order chi connectivity index (χ0) is 27.5. The van der Waals surface area contributed by atoms with Crippen molar-refractivity contribution in [1.29, 1.82) is 0 Å². The fraction of sp³-hybridized carbons (Fsp3) is 0. The topological polar surface area (TPSA) is 39.5 Å². The van der Waals surface area contributed by atoms with E-state index in [0.717, 1.165) is 33.1 Å². The van der Waals surface area contributed by atoms with Crippen molar-refractivity contribution in [3.8, 4) is 5.82 Å². The molecule has 0 saturated carbocycles. The monoisotopic (exact) mass is 533 g/mol. The van der Waals surface area contributed by atoms with Crippen LogP contribution < -0.4 is 0 Å². The predicted octanol–water partition coefficient (Wildman–Crippen LogP) is 9.58. The normalized spacial score (nSPS) is 12.3. The maximum Gasteiger partial charge on any atom is 0.374 e. The van der Waals surface area contributed by atoms with Crippen LogP contribution in [0.3, 0.4) is 0 Å². The molecule has 0 aliphatic rings. The van der Waals surface area contributed by atoms with E-state index in [2.05, 4.69) is 110 Å². The fourth-order valence-corrected chi connectivity index (χ4v) is 7.26. The molecule has 0 radical (unpaired) electrons. The Balaban J connectivity index is 1.54. The van der Waals surface area contributed by atoms with E-state index in [1.54, 1.807) is 0 Å². The number of hydrogen-bond donors (Lipinski definition) is 0. The van der Waals surface area contributed by atoms with Gasteiger partial charge in [-0.15, -0.1) is 16.5 Å². The van der Waals surface area contributed by atoms with Crippen LogP contribution in [0, 0.1) is 6.57 Å². The quantitative estimate of drug-likeness (QED) is 0.197. The molecule has 0 spiro atoms. The number of para-hydroxylation sites is 3. The van der Waals surface area contributed by atoms with Crippen LogP contribution >= 0.6 is 0 Å². The highest BCUT2D eigenvalue weighted by Crippen LogP contribution is 2.48. The second-order valence-electron chi connectivity index (χ2n) is 10.9. The van der Waals surface area contributed by atoms with Gasteiger partial charge in [0.1, 0.15) is 5.52 Å². The number of hydrogen-bond acceptors (Lipinski definition) is 2. The molecule has 0 N–H and O–H groups in total. The Labute approximate surface area is 238 Å². The summed E-state index contributed by atoms with van der Waals surface area (Å²) >= 11 is 0. The highest BCUT2D eigenvalue weighted by Gasteiger charge is 2.26. The molecule has 0 unspecified atom stereocenters. The molecule has 192 valence electrons. The van der Waals surface area contributed by atoms with Gasteiger partial charge in [0.05, 0.1) is 33.0 Å². The maximum absolute atomic E-state index is 7.75. The van der Waals surface area contributed by atoms with Crippen molar-refractivity contribution < 1.29 is 0 Å². The molecular weight excluding hydrogens is 514 g/mol. The maximum atomic E-state index is 7.75. The molecule has 0 aliphatic heterocycles. The van der Waals surface area contributed by atoms with Gasteiger partial charge in [0, 0.05) is 37.7 Å². The smallest absolute Gasteiger partial charge is 0.374 e. The second-order valence-corrected chi connectivity index (χ2v) is 10.9. The Kier molecular flexibility index (Phi) is 3.94. The van der Waals surface area contributed by atoms with Gasteiger partial charge in [-0.3, -0.25) is 4.57 Å². The first-order valence-electron chi connectivity index (χ1n) is 14.0. The van der Waals surface area contributed by atoms with Crippen molar-refractivity contribution in [2.24, 2.45) is 0 Å². The molecule has 5 heteroatoms. The molecule has 10 aromatic rings. The van der Waals surface area contributed by atoms with Crippen molar-refractivity contribution in [3.05, 3.63) is 127 Å². The van der Waals surface area contributed by atoms with Crippen LogP contribution in [0.5, 0.6) is 0 Å². The van der Waals surface area contributed by atoms with Crippen LogP contribution in [-0.4, -0.2) is 18.9 Å². The summed E-state index contributed by atoms with van der Waals surface area (Å²) in [5.74, 6) is 0.874. The summed E-state index contributed by atoms with van der Waals surface area (Å²) in [6, 6.07) is 40.7. The lowest BCUT2D eigenvalue weighted by atomic mass is 10.00. The van der Waals surface area contributed by atoms with Crippen molar-refractivity contribution >= 4 is 87.5 Å². The summed E-state index contributed by atoms with van der Waals surface area (Å²) in [4.78, 5) is 13.0. The lowest BCUT2D eigenvalue weighted by Crippen LogP contribution is -2.00. The molecule has 0 aliphatic carbocycles. The first-order valence-corrected chi connectivity index (χ1v) is 14.0. The minimum atomic E-state index is 0.147. The van der Waals surface area contributed by atoms with Gasteiger partial charge in [0.15, 0.2) is 0 Å². The minimum Gasteiger partial charge on any atom is -0.394 e. The lowest BCUT2D eigenvalue weighted by Gasteiger charge is -2.08. The Morgan fingerprint density at radius 3 is 2.10 bits per heavy atom. The molecule has 0 atom stereocenters. The Bertz CT molecular complexity index is 2810. The van der Waals surface area contributed by atoms with Gasteiger partial charge in [-0.25, -0.2) is 0 Å². The first kappa shape index (κ1) is 21.8. The van der Waals surface area contributed by atoms with Crippen molar-refractivity contribution in [3.63, 3.8) is 0 Å². The van der Waals surface area contributed by atoms with E-state index < -0.39 is 0 Å². The lowest BCUT2D eigenvalue weighted by molar-refractivity contribution is 1.09. The predicted molar refractivity (Wildman–Crippen MR) is 172 cm³/mol. The Morgan fingerprint density at radius 2 is 1.24 bits per heavy atom. The number of nitrogens with zero attached hydrogens (tertiary/aromatic N) is 5. The van der Waals surface area contributed by atoms with Crippen molar-refractivity contribution in [1.82, 2.24) is 18.9 Å². The summed E-state index contributed by atoms with van der Waals surface area (Å²) in [5.41, 5.74) is 6.58. The van der Waals surface area contributed by atoms with Crippen molar-refractivity contribution in [2.45, 2.75) is 0 Å². The fourth-order valence-electron chi connectivity index (χ4n) is 7.26. The average Bonchev–Trinajstić information content (AvgIpc) is 3.68. The third kappa shape index (κ3) is 2.53. The third-order valence-electron chi connectivity index (χ3n) is 8.87. The molecule has 42 heavy (non-hydrogen) atoms. The van der Waals surface area contributed by atoms with Crippen LogP contribution in [0.25, 0.3) is 92.2 Å². The summed E-state index contributed by atoms with van der Waals surface area (Å²) in [6.45, 7) is 7.75. The average molecular weight is 534 g/mol. The molecule has 5 nitrogen and oxygen atoms in total. The molecule has 6 aromatic carbocycles. The first-order chi connectivity index (χ1) is 20.8. The summed E-state index contributed by atoms with van der Waals surface area (Å²) in [7, 11) is 0. The van der Waals surface area contributed by atoms with E-state index in [1.165, 1.54) is 54.3 Å². The van der Waals surface area contributed by atoms with Crippen molar-refractivity contribution in [2.75, 3.05) is 0 Å². The number of rotatable bonds is 1. The number of fused-ring (bicyclic) bond motifs is 13. The molecule has 0 amide bonds. The minimum absolute atomic E-state index is 0.147. The standard InChI is InChI=1S/C37H19N5/c1-38-37-39-28-15-7-4-13-24(28)36(40-37)41-30-17-9-6-14-25(30)32-31(41)20-27-23-12-5-8-16-29(23)42-34-22-11-3-2-10-21(22)18-19-26(34)33(32)35(27)42/h2-20H. The van der Waals surface area contributed by atoms with E-state index in [0.29, 0.717) is 0 Å². The SMILES string of the molecule is [C-]#[N+]c1nc(-n2c3ccccc3c3c4c5ccc6ccccc6c5n5c6ccccc6c(cc32)c45)c2ccccc2n1. The van der Waals surface area contributed by atoms with Crippen LogP contribution in [0.4, 0.5) is 5.95 Å². The Hall–Kier alpha value is -5.99. The number of aromatic nitrogens is 4. The third-order valence-corrected chi connectivity index (χ3v) is 8.87.